The van der Waals surface area contributed by atoms with Gasteiger partial charge in [-0.2, -0.15) is 4.31 Å². The Morgan fingerprint density at radius 3 is 2.33 bits per heavy atom. The van der Waals surface area contributed by atoms with Gasteiger partial charge >= 0.3 is 0 Å². The maximum Gasteiger partial charge on any atom is 0.251 e. The molecule has 1 saturated heterocycles. The Morgan fingerprint density at radius 2 is 1.79 bits per heavy atom. The van der Waals surface area contributed by atoms with Crippen molar-refractivity contribution in [3.05, 3.63) is 64.4 Å². The fourth-order valence-electron chi connectivity index (χ4n) is 3.92. The molecule has 1 heterocycles. The summed E-state index contributed by atoms with van der Waals surface area (Å²) in [7, 11) is -0.153. The zero-order valence-electron chi connectivity index (χ0n) is 19.1. The quantitative estimate of drug-likeness (QED) is 0.635. The first kappa shape index (κ1) is 25.6. The summed E-state index contributed by atoms with van der Waals surface area (Å²) in [6.07, 6.45) is -0.387. The van der Waals surface area contributed by atoms with Gasteiger partial charge in [0.1, 0.15) is 5.82 Å². The molecule has 1 amide bonds. The van der Waals surface area contributed by atoms with Gasteiger partial charge in [0.15, 0.2) is 0 Å². The van der Waals surface area contributed by atoms with Crippen molar-refractivity contribution in [1.82, 2.24) is 14.5 Å². The Labute approximate surface area is 199 Å². The molecule has 10 heteroatoms. The molecule has 7 nitrogen and oxygen atoms in total. The highest BCUT2D eigenvalue weighted by Crippen LogP contribution is 2.28. The van der Waals surface area contributed by atoms with Gasteiger partial charge in [-0.05, 0) is 64.3 Å². The average Bonchev–Trinajstić information content (AvgIpc) is 2.74. The van der Waals surface area contributed by atoms with Gasteiger partial charge in [-0.3, -0.25) is 4.79 Å². The third kappa shape index (κ3) is 5.91. The van der Waals surface area contributed by atoms with Gasteiger partial charge in [0.25, 0.3) is 5.91 Å². The van der Waals surface area contributed by atoms with E-state index in [1.807, 2.05) is 13.8 Å². The van der Waals surface area contributed by atoms with Crippen molar-refractivity contribution in [1.29, 1.82) is 0 Å². The summed E-state index contributed by atoms with van der Waals surface area (Å²) in [5.74, 6) is -0.844. The predicted octanol–water partition coefficient (Wildman–Crippen LogP) is 3.31. The Kier molecular flexibility index (Phi) is 8.13. The molecule has 0 spiro atoms. The fourth-order valence-corrected chi connectivity index (χ4v) is 5.80. The van der Waals surface area contributed by atoms with Crippen LogP contribution in [-0.2, 0) is 14.8 Å². The van der Waals surface area contributed by atoms with Crippen LogP contribution in [0.2, 0.25) is 5.02 Å². The van der Waals surface area contributed by atoms with E-state index < -0.39 is 27.8 Å². The summed E-state index contributed by atoms with van der Waals surface area (Å²) in [4.78, 5) is 14.6. The topological polar surface area (TPSA) is 79.0 Å². The number of carbonyl (C=O) groups is 1. The molecule has 0 radical (unpaired) electrons. The molecule has 1 N–H and O–H groups in total. The summed E-state index contributed by atoms with van der Waals surface area (Å²) in [5.41, 5.74) is 0.606. The summed E-state index contributed by atoms with van der Waals surface area (Å²) in [6.45, 7) is 4.34. The Bertz CT molecular complexity index is 1070. The van der Waals surface area contributed by atoms with Crippen LogP contribution in [0.1, 0.15) is 35.8 Å². The van der Waals surface area contributed by atoms with Crippen molar-refractivity contribution in [2.24, 2.45) is 0 Å². The lowest BCUT2D eigenvalue weighted by atomic mass is 10.0. The molecular formula is C23H29ClFN3O4S. The minimum Gasteiger partial charge on any atom is -0.373 e. The molecule has 1 aliphatic heterocycles. The van der Waals surface area contributed by atoms with Crippen molar-refractivity contribution in [3.63, 3.8) is 0 Å². The lowest BCUT2D eigenvalue weighted by molar-refractivity contribution is -0.0440. The zero-order valence-corrected chi connectivity index (χ0v) is 20.7. The van der Waals surface area contributed by atoms with Crippen molar-refractivity contribution >= 4 is 27.5 Å². The molecule has 0 aliphatic carbocycles. The lowest BCUT2D eigenvalue weighted by Gasteiger charge is -2.34. The molecule has 2 aromatic rings. The Balaban J connectivity index is 1.71. The predicted molar refractivity (Wildman–Crippen MR) is 125 cm³/mol. The van der Waals surface area contributed by atoms with Crippen LogP contribution < -0.4 is 5.32 Å². The molecular weight excluding hydrogens is 469 g/mol. The number of likely N-dealkylation sites (N-methyl/N-ethyl adjacent to an activating group) is 1. The number of ether oxygens (including phenoxy) is 1. The third-order valence-electron chi connectivity index (χ3n) is 5.55. The van der Waals surface area contributed by atoms with E-state index in [9.17, 15) is 17.6 Å². The highest BCUT2D eigenvalue weighted by atomic mass is 35.5. The number of nitrogens with zero attached hydrogens (tertiary/aromatic N) is 2. The number of rotatable bonds is 7. The van der Waals surface area contributed by atoms with Crippen LogP contribution in [0.3, 0.4) is 0 Å². The normalized spacial score (nSPS) is 20.6. The first-order valence-corrected chi connectivity index (χ1v) is 12.5. The van der Waals surface area contributed by atoms with Gasteiger partial charge in [-0.25, -0.2) is 12.8 Å². The third-order valence-corrected chi connectivity index (χ3v) is 7.73. The number of hydrogen-bond donors (Lipinski definition) is 1. The van der Waals surface area contributed by atoms with Crippen LogP contribution in [0.4, 0.5) is 4.39 Å². The van der Waals surface area contributed by atoms with E-state index in [2.05, 4.69) is 5.32 Å². The van der Waals surface area contributed by atoms with Gasteiger partial charge < -0.3 is 15.0 Å². The highest BCUT2D eigenvalue weighted by Gasteiger charge is 2.32. The summed E-state index contributed by atoms with van der Waals surface area (Å²) in [6, 6.07) is 9.76. The number of amides is 1. The second-order valence-electron chi connectivity index (χ2n) is 8.43. The Morgan fingerprint density at radius 1 is 1.18 bits per heavy atom. The summed E-state index contributed by atoms with van der Waals surface area (Å²) >= 11 is 6.19. The first-order chi connectivity index (χ1) is 15.5. The maximum atomic E-state index is 14.4. The second-order valence-corrected chi connectivity index (χ2v) is 10.8. The molecule has 0 bridgehead atoms. The lowest BCUT2D eigenvalue weighted by Crippen LogP contribution is -2.48. The Hall–Kier alpha value is -2.04. The van der Waals surface area contributed by atoms with E-state index in [-0.39, 0.29) is 41.8 Å². The van der Waals surface area contributed by atoms with E-state index >= 15 is 0 Å². The van der Waals surface area contributed by atoms with Gasteiger partial charge in [0, 0.05) is 35.8 Å². The molecule has 3 rings (SSSR count). The van der Waals surface area contributed by atoms with Crippen LogP contribution in [0, 0.1) is 5.82 Å². The number of nitrogens with one attached hydrogen (secondary N) is 1. The van der Waals surface area contributed by atoms with Gasteiger partial charge in [0.05, 0.1) is 23.1 Å². The van der Waals surface area contributed by atoms with Crippen LogP contribution >= 0.6 is 11.6 Å². The molecule has 3 atom stereocenters. The maximum absolute atomic E-state index is 14.4. The number of morpholine rings is 1. The van der Waals surface area contributed by atoms with Gasteiger partial charge in [-0.1, -0.05) is 17.7 Å². The number of halogens is 2. The average molecular weight is 498 g/mol. The number of hydrogen-bond acceptors (Lipinski definition) is 5. The molecule has 0 saturated carbocycles. The standard InChI is InChI=1S/C23H29ClFN3O4S/c1-15-13-28(14-16(2)32-15)33(30,31)18-10-8-17(9-11-18)23(29)26-12-21(27(3)4)22-19(24)6-5-7-20(22)25/h5-11,15-16,21H,12-14H2,1-4H3,(H,26,29)/t15-,16-,21-/m1/s1. The number of sulfonamides is 1. The van der Waals surface area contributed by atoms with E-state index in [1.165, 1.54) is 40.7 Å². The first-order valence-electron chi connectivity index (χ1n) is 10.6. The molecule has 0 aromatic heterocycles. The van der Waals surface area contributed by atoms with E-state index in [0.29, 0.717) is 11.1 Å². The van der Waals surface area contributed by atoms with Crippen LogP contribution in [-0.4, -0.2) is 69.5 Å². The van der Waals surface area contributed by atoms with Gasteiger partial charge in [0.2, 0.25) is 10.0 Å². The van der Waals surface area contributed by atoms with Crippen molar-refractivity contribution in [2.45, 2.75) is 37.0 Å². The highest BCUT2D eigenvalue weighted by molar-refractivity contribution is 7.89. The monoisotopic (exact) mass is 497 g/mol. The van der Waals surface area contributed by atoms with Crippen LogP contribution in [0.5, 0.6) is 0 Å². The smallest absolute Gasteiger partial charge is 0.251 e. The number of benzene rings is 2. The molecule has 33 heavy (non-hydrogen) atoms. The van der Waals surface area contributed by atoms with Crippen molar-refractivity contribution in [2.75, 3.05) is 33.7 Å². The summed E-state index contributed by atoms with van der Waals surface area (Å²) in [5, 5.41) is 3.07. The van der Waals surface area contributed by atoms with E-state index in [4.69, 9.17) is 16.3 Å². The fraction of sp³-hybridized carbons (Fsp3) is 0.435. The molecule has 2 aromatic carbocycles. The van der Waals surface area contributed by atoms with Crippen LogP contribution in [0.25, 0.3) is 0 Å². The van der Waals surface area contributed by atoms with Crippen LogP contribution in [0.15, 0.2) is 47.4 Å². The molecule has 1 aliphatic rings. The largest absolute Gasteiger partial charge is 0.373 e. The van der Waals surface area contributed by atoms with Crippen molar-refractivity contribution in [3.8, 4) is 0 Å². The summed E-state index contributed by atoms with van der Waals surface area (Å²) < 4.78 is 47.4. The minimum absolute atomic E-state index is 0.115. The second kappa shape index (κ2) is 10.5. The number of carbonyl (C=O) groups excluding carboxylic acids is 1. The van der Waals surface area contributed by atoms with E-state index in [0.717, 1.165) is 0 Å². The molecule has 1 fully saturated rings. The van der Waals surface area contributed by atoms with Gasteiger partial charge in [-0.15, -0.1) is 0 Å². The zero-order chi connectivity index (χ0) is 24.3. The van der Waals surface area contributed by atoms with Crippen molar-refractivity contribution < 1.29 is 22.3 Å². The molecule has 0 unspecified atom stereocenters. The van der Waals surface area contributed by atoms with E-state index in [1.54, 1.807) is 25.1 Å². The molecule has 180 valence electrons. The minimum atomic E-state index is -3.69. The SMILES string of the molecule is C[C@@H]1CN(S(=O)(=O)c2ccc(C(=O)NC[C@H](c3c(F)cccc3Cl)N(C)C)cc2)C[C@@H](C)O1.